The molecule has 0 saturated heterocycles. The number of aliphatic hydroxyl groups is 4. The van der Waals surface area contributed by atoms with Crippen LogP contribution < -0.4 is 0 Å². The van der Waals surface area contributed by atoms with Crippen molar-refractivity contribution in [2.24, 2.45) is 0 Å². The van der Waals surface area contributed by atoms with E-state index < -0.39 is 11.8 Å². The molecule has 0 heterocycles. The van der Waals surface area contributed by atoms with E-state index in [2.05, 4.69) is 0 Å². The van der Waals surface area contributed by atoms with Crippen LogP contribution in [0.2, 0.25) is 0 Å². The fourth-order valence-electron chi connectivity index (χ4n) is 0. The number of hydrogen-bond acceptors (Lipinski definition) is 4. The van der Waals surface area contributed by atoms with Crippen molar-refractivity contribution in [1.82, 2.24) is 0 Å². The first-order chi connectivity index (χ1) is 2.94. The second-order valence-corrected chi connectivity index (χ2v) is 1.76. The molecular formula is C2H8ClO4P. The fourth-order valence-corrected chi connectivity index (χ4v) is 0. The van der Waals surface area contributed by atoms with E-state index in [9.17, 15) is 0 Å². The van der Waals surface area contributed by atoms with E-state index in [4.69, 9.17) is 20.4 Å². The molecule has 2 unspecified atom stereocenters. The van der Waals surface area contributed by atoms with Gasteiger partial charge in [0, 0.05) is 0 Å². The maximum Gasteiger partial charge on any atom is 0.306 e. The molecular weight excluding hydrogens is 154 g/mol. The van der Waals surface area contributed by atoms with Crippen molar-refractivity contribution in [3.63, 3.8) is 0 Å². The lowest BCUT2D eigenvalue weighted by molar-refractivity contribution is -0.335. The monoisotopic (exact) mass is 162 g/mol. The lowest BCUT2D eigenvalue weighted by Gasteiger charge is -2.15. The first kappa shape index (κ1) is 11.4. The summed E-state index contributed by atoms with van der Waals surface area (Å²) in [6.07, 6.45) is 0. The zero-order valence-electron chi connectivity index (χ0n) is 3.85. The van der Waals surface area contributed by atoms with Gasteiger partial charge in [-0.05, 0) is 0 Å². The lowest BCUT2D eigenvalue weighted by atomic mass is 10.6. The largest absolute Gasteiger partial charge is 0.381 e. The predicted molar refractivity (Wildman–Crippen MR) is 32.4 cm³/mol. The van der Waals surface area contributed by atoms with Gasteiger partial charge in [0.15, 0.2) is 0 Å². The van der Waals surface area contributed by atoms with Gasteiger partial charge in [-0.15, -0.1) is 12.4 Å². The van der Waals surface area contributed by atoms with Gasteiger partial charge in [-0.25, -0.2) is 0 Å². The smallest absolute Gasteiger partial charge is 0.306 e. The Morgan fingerprint density at radius 2 is 1.38 bits per heavy atom. The van der Waals surface area contributed by atoms with Crippen molar-refractivity contribution in [1.29, 1.82) is 0 Å². The van der Waals surface area contributed by atoms with Crippen LogP contribution in [0.3, 0.4) is 0 Å². The molecule has 0 spiro atoms. The van der Waals surface area contributed by atoms with Crippen molar-refractivity contribution in [2.75, 3.05) is 0 Å². The Balaban J connectivity index is 0. The summed E-state index contributed by atoms with van der Waals surface area (Å²) in [5.41, 5.74) is 0. The maximum atomic E-state index is 8.10. The Morgan fingerprint density at radius 1 is 1.25 bits per heavy atom. The first-order valence-electron chi connectivity index (χ1n) is 1.55. The Hall–Kier alpha value is 0.560. The van der Waals surface area contributed by atoms with E-state index >= 15 is 0 Å². The minimum atomic E-state index is -2.98. The van der Waals surface area contributed by atoms with Crippen molar-refractivity contribution in [3.05, 3.63) is 0 Å². The van der Waals surface area contributed by atoms with E-state index in [1.165, 1.54) is 0 Å². The van der Waals surface area contributed by atoms with Gasteiger partial charge in [0.25, 0.3) is 0 Å². The summed E-state index contributed by atoms with van der Waals surface area (Å²) in [6.45, 7) is 0. The van der Waals surface area contributed by atoms with Crippen LogP contribution in [0.1, 0.15) is 0 Å². The topological polar surface area (TPSA) is 80.9 Å². The molecule has 0 aromatic carbocycles. The highest BCUT2D eigenvalue weighted by atomic mass is 35.5. The van der Waals surface area contributed by atoms with Crippen LogP contribution in [0, 0.1) is 0 Å². The average Bonchev–Trinajstić information content (AvgIpc) is 1.31. The predicted octanol–water partition coefficient (Wildman–Crippen LogP) is -1.77. The van der Waals surface area contributed by atoms with Crippen molar-refractivity contribution in [3.8, 4) is 0 Å². The number of hydrogen-bond donors (Lipinski definition) is 4. The number of aliphatic hydroxyl groups excluding tert-OH is 1. The zero-order chi connectivity index (χ0) is 6.08. The highest BCUT2D eigenvalue weighted by Crippen LogP contribution is 2.06. The quantitative estimate of drug-likeness (QED) is 0.272. The molecule has 52 valence electrons. The van der Waals surface area contributed by atoms with E-state index in [0.29, 0.717) is 0 Å². The van der Waals surface area contributed by atoms with Gasteiger partial charge in [0.1, 0.15) is 5.85 Å². The standard InChI is InChI=1S/C2H7O4P.ClH/c3-1(7)2(4,5)6;/h1,3-6H,7H2;1H. The summed E-state index contributed by atoms with van der Waals surface area (Å²) in [7, 11) is 1.61. The average molecular weight is 163 g/mol. The molecule has 0 fully saturated rings. The van der Waals surface area contributed by atoms with Crippen LogP contribution in [0.15, 0.2) is 0 Å². The third-order valence-corrected chi connectivity index (χ3v) is 0.844. The molecule has 6 heteroatoms. The normalized spacial score (nSPS) is 14.6. The summed E-state index contributed by atoms with van der Waals surface area (Å²) in [5.74, 6) is -4.60. The number of halogens is 1. The molecule has 0 aliphatic rings. The molecule has 0 aliphatic heterocycles. The molecule has 2 atom stereocenters. The fraction of sp³-hybridized carbons (Fsp3) is 1.00. The van der Waals surface area contributed by atoms with Gasteiger partial charge >= 0.3 is 5.97 Å². The van der Waals surface area contributed by atoms with Crippen molar-refractivity contribution < 1.29 is 20.4 Å². The third kappa shape index (κ3) is 4.71. The van der Waals surface area contributed by atoms with E-state index in [0.717, 1.165) is 0 Å². The molecule has 0 rings (SSSR count). The third-order valence-electron chi connectivity index (χ3n) is 0.397. The summed E-state index contributed by atoms with van der Waals surface area (Å²) >= 11 is 0. The van der Waals surface area contributed by atoms with Crippen LogP contribution >= 0.6 is 21.6 Å². The summed E-state index contributed by atoms with van der Waals surface area (Å²) in [4.78, 5) is 0. The van der Waals surface area contributed by atoms with Crippen molar-refractivity contribution in [2.45, 2.75) is 11.8 Å². The van der Waals surface area contributed by atoms with Crippen LogP contribution in [0.4, 0.5) is 0 Å². The van der Waals surface area contributed by atoms with Crippen LogP contribution in [0.5, 0.6) is 0 Å². The van der Waals surface area contributed by atoms with Gasteiger partial charge in [0.2, 0.25) is 0 Å². The van der Waals surface area contributed by atoms with Crippen molar-refractivity contribution >= 4 is 21.6 Å². The highest BCUT2D eigenvalue weighted by Gasteiger charge is 2.25. The van der Waals surface area contributed by atoms with Crippen LogP contribution in [-0.4, -0.2) is 32.2 Å². The molecule has 4 N–H and O–H groups in total. The molecule has 0 aromatic rings. The van der Waals surface area contributed by atoms with Gasteiger partial charge in [-0.3, -0.25) is 0 Å². The summed E-state index contributed by atoms with van der Waals surface area (Å²) in [6, 6.07) is 0. The van der Waals surface area contributed by atoms with E-state index in [-0.39, 0.29) is 12.4 Å². The van der Waals surface area contributed by atoms with E-state index in [1.54, 1.807) is 9.24 Å². The van der Waals surface area contributed by atoms with Gasteiger partial charge < -0.3 is 20.4 Å². The minimum Gasteiger partial charge on any atom is -0.381 e. The Labute approximate surface area is 54.8 Å². The minimum absolute atomic E-state index is 0. The van der Waals surface area contributed by atoms with Gasteiger partial charge in [-0.1, -0.05) is 9.24 Å². The second kappa shape index (κ2) is 3.56. The lowest BCUT2D eigenvalue weighted by Crippen LogP contribution is -2.37. The summed E-state index contributed by atoms with van der Waals surface area (Å²) < 4.78 is 0. The molecule has 4 nitrogen and oxygen atoms in total. The number of rotatable bonds is 1. The molecule has 8 heavy (non-hydrogen) atoms. The molecule has 0 aromatic heterocycles. The first-order valence-corrected chi connectivity index (χ1v) is 2.22. The van der Waals surface area contributed by atoms with Gasteiger partial charge in [0.05, 0.1) is 0 Å². The Kier molecular flexibility index (Phi) is 5.06. The molecule has 0 aliphatic carbocycles. The maximum absolute atomic E-state index is 8.10. The summed E-state index contributed by atoms with van der Waals surface area (Å²) in [5, 5.41) is 31.9. The molecule has 0 saturated carbocycles. The Morgan fingerprint density at radius 3 is 1.38 bits per heavy atom. The van der Waals surface area contributed by atoms with Crippen LogP contribution in [-0.2, 0) is 0 Å². The molecule has 0 radical (unpaired) electrons. The second-order valence-electron chi connectivity index (χ2n) is 1.13. The van der Waals surface area contributed by atoms with Gasteiger partial charge in [-0.2, -0.15) is 0 Å². The molecule has 0 amide bonds. The van der Waals surface area contributed by atoms with E-state index in [1.807, 2.05) is 0 Å². The van der Waals surface area contributed by atoms with Crippen LogP contribution in [0.25, 0.3) is 0 Å². The Bertz CT molecular complexity index is 59.5. The zero-order valence-corrected chi connectivity index (χ0v) is 5.82. The SMILES string of the molecule is Cl.OC(P)C(O)(O)O. The molecule has 0 bridgehead atoms. The highest BCUT2D eigenvalue weighted by molar-refractivity contribution is 7.17.